The van der Waals surface area contributed by atoms with E-state index in [2.05, 4.69) is 20.3 Å². The molecule has 28 heavy (non-hydrogen) atoms. The summed E-state index contributed by atoms with van der Waals surface area (Å²) in [7, 11) is 0. The van der Waals surface area contributed by atoms with Crippen molar-refractivity contribution < 1.29 is 9.47 Å². The van der Waals surface area contributed by atoms with Gasteiger partial charge in [-0.1, -0.05) is 12.1 Å². The molecule has 0 amide bonds. The van der Waals surface area contributed by atoms with Crippen LogP contribution in [0.2, 0.25) is 0 Å². The molecule has 0 saturated heterocycles. The summed E-state index contributed by atoms with van der Waals surface area (Å²) in [4.78, 5) is 12.2. The number of fused-ring (bicyclic) bond motifs is 1. The SMILES string of the molecule is CCOc1ccc(OCC)c(NC(N)=NCCc2nc3ccccc3[nH]2)c1.I. The van der Waals surface area contributed by atoms with Crippen LogP contribution in [0, 0.1) is 0 Å². The van der Waals surface area contributed by atoms with E-state index in [9.17, 15) is 0 Å². The van der Waals surface area contributed by atoms with Gasteiger partial charge in [-0.25, -0.2) is 4.98 Å². The van der Waals surface area contributed by atoms with Crippen LogP contribution in [0.5, 0.6) is 11.5 Å². The molecule has 4 N–H and O–H groups in total. The van der Waals surface area contributed by atoms with E-state index in [1.54, 1.807) is 0 Å². The summed E-state index contributed by atoms with van der Waals surface area (Å²) >= 11 is 0. The van der Waals surface area contributed by atoms with Crippen molar-refractivity contribution in [1.82, 2.24) is 9.97 Å². The normalized spacial score (nSPS) is 11.1. The number of H-pyrrole nitrogens is 1. The Morgan fingerprint density at radius 3 is 2.68 bits per heavy atom. The number of aromatic nitrogens is 2. The van der Waals surface area contributed by atoms with E-state index < -0.39 is 0 Å². The predicted octanol–water partition coefficient (Wildman–Crippen LogP) is 3.95. The van der Waals surface area contributed by atoms with Gasteiger partial charge in [0.15, 0.2) is 5.96 Å². The first-order valence-corrected chi connectivity index (χ1v) is 9.09. The highest BCUT2D eigenvalue weighted by Crippen LogP contribution is 2.29. The number of hydrogen-bond donors (Lipinski definition) is 3. The third-order valence-corrected chi connectivity index (χ3v) is 3.89. The number of nitrogens with one attached hydrogen (secondary N) is 2. The van der Waals surface area contributed by atoms with Gasteiger partial charge in [0.25, 0.3) is 0 Å². The Bertz CT molecular complexity index is 893. The minimum absolute atomic E-state index is 0. The van der Waals surface area contributed by atoms with Crippen LogP contribution < -0.4 is 20.5 Å². The maximum Gasteiger partial charge on any atom is 0.193 e. The molecule has 3 aromatic rings. The molecule has 150 valence electrons. The Morgan fingerprint density at radius 2 is 1.93 bits per heavy atom. The standard InChI is InChI=1S/C20H25N5O2.HI/c1-3-26-14-9-10-18(27-4-2)17(13-14)25-20(21)22-12-11-19-23-15-7-5-6-8-16(15)24-19;/h5-10,13H,3-4,11-12H2,1-2H3,(H,23,24)(H3,21,22,25);1H. The summed E-state index contributed by atoms with van der Waals surface area (Å²) in [6, 6.07) is 13.5. The molecule has 0 bridgehead atoms. The molecule has 1 heterocycles. The lowest BCUT2D eigenvalue weighted by Crippen LogP contribution is -2.23. The number of para-hydroxylation sites is 2. The summed E-state index contributed by atoms with van der Waals surface area (Å²) in [6.45, 7) is 5.55. The van der Waals surface area contributed by atoms with Crippen molar-refractivity contribution in [1.29, 1.82) is 0 Å². The van der Waals surface area contributed by atoms with Gasteiger partial charge < -0.3 is 25.5 Å². The van der Waals surface area contributed by atoms with Crippen molar-refractivity contribution in [2.75, 3.05) is 25.1 Å². The molecular weight excluding hydrogens is 469 g/mol. The summed E-state index contributed by atoms with van der Waals surface area (Å²) < 4.78 is 11.2. The second-order valence-electron chi connectivity index (χ2n) is 5.87. The molecule has 0 aliphatic heterocycles. The fraction of sp³-hybridized carbons (Fsp3) is 0.300. The van der Waals surface area contributed by atoms with Crippen molar-refractivity contribution in [2.45, 2.75) is 20.3 Å². The number of hydrogen-bond acceptors (Lipinski definition) is 4. The van der Waals surface area contributed by atoms with Gasteiger partial charge in [-0.3, -0.25) is 4.99 Å². The molecule has 0 fully saturated rings. The first kappa shape index (κ1) is 21.8. The summed E-state index contributed by atoms with van der Waals surface area (Å²) in [5.74, 6) is 2.66. The highest BCUT2D eigenvalue weighted by Gasteiger charge is 2.07. The van der Waals surface area contributed by atoms with Crippen LogP contribution in [0.4, 0.5) is 5.69 Å². The van der Waals surface area contributed by atoms with Gasteiger partial charge in [0, 0.05) is 19.0 Å². The maximum absolute atomic E-state index is 6.05. The number of nitrogens with two attached hydrogens (primary N) is 1. The van der Waals surface area contributed by atoms with Crippen LogP contribution in [0.15, 0.2) is 47.5 Å². The van der Waals surface area contributed by atoms with Gasteiger partial charge in [-0.2, -0.15) is 0 Å². The van der Waals surface area contributed by atoms with E-state index in [0.29, 0.717) is 37.9 Å². The molecule has 0 aliphatic carbocycles. The number of imidazole rings is 1. The fourth-order valence-electron chi connectivity index (χ4n) is 2.73. The number of aromatic amines is 1. The molecular formula is C20H26IN5O2. The van der Waals surface area contributed by atoms with Crippen LogP contribution in [0.3, 0.4) is 0 Å². The van der Waals surface area contributed by atoms with E-state index in [-0.39, 0.29) is 24.0 Å². The second-order valence-corrected chi connectivity index (χ2v) is 5.87. The number of guanidine groups is 1. The zero-order chi connectivity index (χ0) is 19.1. The monoisotopic (exact) mass is 495 g/mol. The van der Waals surface area contributed by atoms with E-state index in [0.717, 1.165) is 28.3 Å². The molecule has 0 unspecified atom stereocenters. The highest BCUT2D eigenvalue weighted by atomic mass is 127. The van der Waals surface area contributed by atoms with E-state index in [1.165, 1.54) is 0 Å². The van der Waals surface area contributed by atoms with Crippen LogP contribution in [0.1, 0.15) is 19.7 Å². The molecule has 2 aromatic carbocycles. The van der Waals surface area contributed by atoms with Crippen LogP contribution in [-0.4, -0.2) is 35.7 Å². The smallest absolute Gasteiger partial charge is 0.193 e. The third kappa shape index (κ3) is 5.75. The molecule has 3 rings (SSSR count). The van der Waals surface area contributed by atoms with Crippen LogP contribution in [0.25, 0.3) is 11.0 Å². The number of anilines is 1. The van der Waals surface area contributed by atoms with Gasteiger partial charge in [0.05, 0.1) is 29.9 Å². The highest BCUT2D eigenvalue weighted by molar-refractivity contribution is 14.0. The summed E-state index contributed by atoms with van der Waals surface area (Å²) in [6.07, 6.45) is 0.675. The lowest BCUT2D eigenvalue weighted by atomic mass is 10.2. The van der Waals surface area contributed by atoms with E-state index in [1.807, 2.05) is 56.3 Å². The maximum atomic E-state index is 6.05. The van der Waals surface area contributed by atoms with Crippen molar-refractivity contribution in [2.24, 2.45) is 10.7 Å². The molecule has 8 heteroatoms. The summed E-state index contributed by atoms with van der Waals surface area (Å²) in [5, 5.41) is 3.10. The zero-order valence-electron chi connectivity index (χ0n) is 16.1. The number of nitrogens with zero attached hydrogens (tertiary/aromatic N) is 2. The number of rotatable bonds is 8. The molecule has 0 spiro atoms. The predicted molar refractivity (Wildman–Crippen MR) is 124 cm³/mol. The minimum Gasteiger partial charge on any atom is -0.494 e. The number of halogens is 1. The second kappa shape index (κ2) is 10.7. The van der Waals surface area contributed by atoms with E-state index >= 15 is 0 Å². The average Bonchev–Trinajstić information content (AvgIpc) is 3.07. The van der Waals surface area contributed by atoms with Gasteiger partial charge >= 0.3 is 0 Å². The van der Waals surface area contributed by atoms with E-state index in [4.69, 9.17) is 15.2 Å². The fourth-order valence-corrected chi connectivity index (χ4v) is 2.73. The van der Waals surface area contributed by atoms with Crippen molar-refractivity contribution in [3.05, 3.63) is 48.3 Å². The Hall–Kier alpha value is -2.49. The van der Waals surface area contributed by atoms with Gasteiger partial charge in [-0.05, 0) is 38.1 Å². The minimum atomic E-state index is 0. The lowest BCUT2D eigenvalue weighted by molar-refractivity contribution is 0.332. The first-order chi connectivity index (χ1) is 13.2. The molecule has 0 saturated carbocycles. The Kier molecular flexibility index (Phi) is 8.37. The Balaban J connectivity index is 0.00000280. The van der Waals surface area contributed by atoms with Crippen LogP contribution in [-0.2, 0) is 6.42 Å². The van der Waals surface area contributed by atoms with Gasteiger partial charge in [-0.15, -0.1) is 24.0 Å². The quantitative estimate of drug-likeness (QED) is 0.250. The zero-order valence-corrected chi connectivity index (χ0v) is 18.4. The number of ether oxygens (including phenoxy) is 2. The molecule has 7 nitrogen and oxygen atoms in total. The number of benzene rings is 2. The van der Waals surface area contributed by atoms with Gasteiger partial charge in [0.1, 0.15) is 17.3 Å². The largest absolute Gasteiger partial charge is 0.494 e. The molecule has 0 aliphatic rings. The Morgan fingerprint density at radius 1 is 1.14 bits per heavy atom. The van der Waals surface area contributed by atoms with Crippen molar-refractivity contribution in [3.63, 3.8) is 0 Å². The van der Waals surface area contributed by atoms with Crippen molar-refractivity contribution in [3.8, 4) is 11.5 Å². The first-order valence-electron chi connectivity index (χ1n) is 9.09. The Labute approximate surface area is 181 Å². The van der Waals surface area contributed by atoms with Gasteiger partial charge in [0.2, 0.25) is 0 Å². The molecule has 0 radical (unpaired) electrons. The lowest BCUT2D eigenvalue weighted by Gasteiger charge is -2.13. The molecule has 0 atom stereocenters. The molecule has 1 aromatic heterocycles. The topological polar surface area (TPSA) is 97.6 Å². The van der Waals surface area contributed by atoms with Crippen molar-refractivity contribution >= 4 is 46.7 Å². The number of aliphatic imine (C=N–C) groups is 1. The summed E-state index contributed by atoms with van der Waals surface area (Å²) in [5.41, 5.74) is 8.76. The average molecular weight is 495 g/mol. The third-order valence-electron chi connectivity index (χ3n) is 3.89. The van der Waals surface area contributed by atoms with Crippen LogP contribution >= 0.6 is 24.0 Å².